The van der Waals surface area contributed by atoms with Gasteiger partial charge in [-0.1, -0.05) is 47.1 Å². The Morgan fingerprint density at radius 2 is 2.00 bits per heavy atom. The minimum atomic E-state index is -0.315. The first-order chi connectivity index (χ1) is 11.0. The third-order valence-electron chi connectivity index (χ3n) is 3.21. The third kappa shape index (κ3) is 3.80. The van der Waals surface area contributed by atoms with Crippen molar-refractivity contribution >= 4 is 57.6 Å². The molecule has 4 nitrogen and oxygen atoms in total. The number of hydrogen-bond acceptors (Lipinski definition) is 3. The molecule has 1 atom stereocenters. The topological polar surface area (TPSA) is 57.8 Å². The van der Waals surface area contributed by atoms with Crippen molar-refractivity contribution in [1.29, 1.82) is 0 Å². The first kappa shape index (κ1) is 16.2. The van der Waals surface area contributed by atoms with E-state index in [0.29, 0.717) is 20.9 Å². The number of aromatic amines is 1. The monoisotopic (exact) mass is 365 g/mol. The maximum absolute atomic E-state index is 12.3. The number of nitrogens with one attached hydrogen (secondary N) is 2. The first-order valence-electron chi connectivity index (χ1n) is 6.90. The van der Waals surface area contributed by atoms with Gasteiger partial charge in [-0.25, -0.2) is 4.98 Å². The summed E-state index contributed by atoms with van der Waals surface area (Å²) in [7, 11) is 0. The summed E-state index contributed by atoms with van der Waals surface area (Å²) in [5, 5.41) is 4.07. The van der Waals surface area contributed by atoms with E-state index >= 15 is 0 Å². The van der Waals surface area contributed by atoms with E-state index < -0.39 is 0 Å². The molecule has 2 N–H and O–H groups in total. The summed E-state index contributed by atoms with van der Waals surface area (Å²) in [6.45, 7) is 1.82. The molecule has 3 aromatic rings. The Bertz CT molecular complexity index is 832. The van der Waals surface area contributed by atoms with E-state index in [-0.39, 0.29) is 11.2 Å². The number of benzene rings is 2. The molecule has 0 radical (unpaired) electrons. The van der Waals surface area contributed by atoms with Gasteiger partial charge in [0, 0.05) is 5.69 Å². The minimum Gasteiger partial charge on any atom is -0.333 e. The molecule has 0 spiro atoms. The Morgan fingerprint density at radius 3 is 2.74 bits per heavy atom. The summed E-state index contributed by atoms with van der Waals surface area (Å²) in [4.78, 5) is 19.9. The van der Waals surface area contributed by atoms with Crippen molar-refractivity contribution in [2.45, 2.75) is 17.3 Å². The molecule has 0 aliphatic carbocycles. The molecule has 0 aliphatic rings. The number of fused-ring (bicyclic) bond motifs is 1. The largest absolute Gasteiger partial charge is 0.333 e. The molecule has 7 heteroatoms. The van der Waals surface area contributed by atoms with Crippen LogP contribution in [0.15, 0.2) is 47.6 Å². The summed E-state index contributed by atoms with van der Waals surface area (Å²) in [6, 6.07) is 12.7. The van der Waals surface area contributed by atoms with Crippen molar-refractivity contribution in [3.8, 4) is 0 Å². The Labute approximate surface area is 147 Å². The van der Waals surface area contributed by atoms with Gasteiger partial charge < -0.3 is 10.3 Å². The molecule has 23 heavy (non-hydrogen) atoms. The van der Waals surface area contributed by atoms with Gasteiger partial charge in [0.15, 0.2) is 5.16 Å². The van der Waals surface area contributed by atoms with Crippen molar-refractivity contribution < 1.29 is 4.79 Å². The highest BCUT2D eigenvalue weighted by molar-refractivity contribution is 8.00. The van der Waals surface area contributed by atoms with Crippen LogP contribution in [0.2, 0.25) is 10.0 Å². The molecule has 118 valence electrons. The maximum Gasteiger partial charge on any atom is 0.237 e. The number of carbonyl (C=O) groups is 1. The second kappa shape index (κ2) is 6.83. The van der Waals surface area contributed by atoms with E-state index in [9.17, 15) is 4.79 Å². The third-order valence-corrected chi connectivity index (χ3v) is 4.94. The molecule has 0 fully saturated rings. The SMILES string of the molecule is CC(Sc1nc2ccccc2[nH]1)C(=O)Nc1ccc(Cl)c(Cl)c1. The van der Waals surface area contributed by atoms with Crippen LogP contribution < -0.4 is 5.32 Å². The smallest absolute Gasteiger partial charge is 0.237 e. The quantitative estimate of drug-likeness (QED) is 0.640. The number of imidazole rings is 1. The molecule has 1 unspecified atom stereocenters. The Morgan fingerprint density at radius 1 is 1.22 bits per heavy atom. The molecule has 0 bridgehead atoms. The van der Waals surface area contributed by atoms with E-state index in [1.54, 1.807) is 18.2 Å². The number of halogens is 2. The zero-order valence-corrected chi connectivity index (χ0v) is 14.5. The number of anilines is 1. The van der Waals surface area contributed by atoms with Crippen LogP contribution in [-0.2, 0) is 4.79 Å². The molecular weight excluding hydrogens is 353 g/mol. The van der Waals surface area contributed by atoms with Gasteiger partial charge in [-0.15, -0.1) is 0 Å². The van der Waals surface area contributed by atoms with Crippen molar-refractivity contribution in [3.63, 3.8) is 0 Å². The standard InChI is InChI=1S/C16H13Cl2N3OS/c1-9(15(22)19-10-6-7-11(17)12(18)8-10)23-16-20-13-4-2-3-5-14(13)21-16/h2-9H,1H3,(H,19,22)(H,20,21). The molecule has 1 amide bonds. The van der Waals surface area contributed by atoms with Crippen LogP contribution in [0, 0.1) is 0 Å². The average Bonchev–Trinajstić information content (AvgIpc) is 2.93. The molecule has 0 aliphatic heterocycles. The molecular formula is C16H13Cl2N3OS. The van der Waals surface area contributed by atoms with Gasteiger partial charge in [0.1, 0.15) is 0 Å². The number of amides is 1. The normalized spacial score (nSPS) is 12.3. The summed E-state index contributed by atoms with van der Waals surface area (Å²) in [6.07, 6.45) is 0. The molecule has 1 heterocycles. The lowest BCUT2D eigenvalue weighted by atomic mass is 10.3. The maximum atomic E-state index is 12.3. The zero-order valence-electron chi connectivity index (χ0n) is 12.1. The summed E-state index contributed by atoms with van der Waals surface area (Å²) >= 11 is 13.2. The highest BCUT2D eigenvalue weighted by atomic mass is 35.5. The van der Waals surface area contributed by atoms with Crippen molar-refractivity contribution in [2.24, 2.45) is 0 Å². The molecule has 3 rings (SSSR count). The fourth-order valence-corrected chi connectivity index (χ4v) is 3.14. The fourth-order valence-electron chi connectivity index (χ4n) is 2.02. The van der Waals surface area contributed by atoms with Crippen LogP contribution in [0.4, 0.5) is 5.69 Å². The first-order valence-corrected chi connectivity index (χ1v) is 8.54. The van der Waals surface area contributed by atoms with E-state index in [0.717, 1.165) is 11.0 Å². The average molecular weight is 366 g/mol. The predicted molar refractivity (Wildman–Crippen MR) is 96.5 cm³/mol. The lowest BCUT2D eigenvalue weighted by molar-refractivity contribution is -0.115. The Balaban J connectivity index is 1.68. The summed E-state index contributed by atoms with van der Waals surface area (Å²) < 4.78 is 0. The van der Waals surface area contributed by atoms with E-state index in [2.05, 4.69) is 15.3 Å². The van der Waals surface area contributed by atoms with Gasteiger partial charge in [0.2, 0.25) is 5.91 Å². The van der Waals surface area contributed by atoms with E-state index in [1.807, 2.05) is 31.2 Å². The van der Waals surface area contributed by atoms with Crippen LogP contribution in [0.25, 0.3) is 11.0 Å². The van der Waals surface area contributed by atoms with Gasteiger partial charge >= 0.3 is 0 Å². The Kier molecular flexibility index (Phi) is 4.80. The van der Waals surface area contributed by atoms with Crippen molar-refractivity contribution in [2.75, 3.05) is 5.32 Å². The van der Waals surface area contributed by atoms with Gasteiger partial charge in [-0.2, -0.15) is 0 Å². The Hall–Kier alpha value is -1.69. The lowest BCUT2D eigenvalue weighted by Gasteiger charge is -2.11. The van der Waals surface area contributed by atoms with Crippen LogP contribution in [0.1, 0.15) is 6.92 Å². The molecule has 0 saturated heterocycles. The number of para-hydroxylation sites is 2. The molecule has 1 aromatic heterocycles. The minimum absolute atomic E-state index is 0.131. The lowest BCUT2D eigenvalue weighted by Crippen LogP contribution is -2.22. The van der Waals surface area contributed by atoms with E-state index in [4.69, 9.17) is 23.2 Å². The highest BCUT2D eigenvalue weighted by Crippen LogP contribution is 2.27. The molecule has 0 saturated carbocycles. The zero-order chi connectivity index (χ0) is 16.4. The number of nitrogens with zero attached hydrogens (tertiary/aromatic N) is 1. The van der Waals surface area contributed by atoms with Crippen LogP contribution in [-0.4, -0.2) is 21.1 Å². The summed E-state index contributed by atoms with van der Waals surface area (Å²) in [5.41, 5.74) is 2.45. The summed E-state index contributed by atoms with van der Waals surface area (Å²) in [5.74, 6) is -0.131. The van der Waals surface area contributed by atoms with Crippen LogP contribution >= 0.6 is 35.0 Å². The fraction of sp³-hybridized carbons (Fsp3) is 0.125. The number of thioether (sulfide) groups is 1. The number of aromatic nitrogens is 2. The van der Waals surface area contributed by atoms with Gasteiger partial charge in [0.05, 0.1) is 26.3 Å². The van der Waals surface area contributed by atoms with Crippen molar-refractivity contribution in [1.82, 2.24) is 9.97 Å². The van der Waals surface area contributed by atoms with E-state index in [1.165, 1.54) is 11.8 Å². The van der Waals surface area contributed by atoms with Crippen LogP contribution in [0.5, 0.6) is 0 Å². The number of carbonyl (C=O) groups excluding carboxylic acids is 1. The molecule has 2 aromatic carbocycles. The second-order valence-electron chi connectivity index (χ2n) is 4.94. The van der Waals surface area contributed by atoms with Gasteiger partial charge in [0.25, 0.3) is 0 Å². The van der Waals surface area contributed by atoms with Crippen molar-refractivity contribution in [3.05, 3.63) is 52.5 Å². The second-order valence-corrected chi connectivity index (χ2v) is 7.08. The van der Waals surface area contributed by atoms with Crippen LogP contribution in [0.3, 0.4) is 0 Å². The van der Waals surface area contributed by atoms with Gasteiger partial charge in [-0.05, 0) is 37.3 Å². The number of hydrogen-bond donors (Lipinski definition) is 2. The van der Waals surface area contributed by atoms with Gasteiger partial charge in [-0.3, -0.25) is 4.79 Å². The highest BCUT2D eigenvalue weighted by Gasteiger charge is 2.17. The number of rotatable bonds is 4. The predicted octanol–water partition coefficient (Wildman–Crippen LogP) is 4.99. The number of H-pyrrole nitrogens is 1.